The molecule has 0 radical (unpaired) electrons. The first kappa shape index (κ1) is 24.0. The minimum absolute atomic E-state index is 0.0149. The van der Waals surface area contributed by atoms with Gasteiger partial charge in [-0.25, -0.2) is 0 Å². The molecule has 5 heteroatoms. The van der Waals surface area contributed by atoms with Crippen molar-refractivity contribution >= 4 is 5.97 Å². The van der Waals surface area contributed by atoms with Crippen LogP contribution in [0.15, 0.2) is 12.1 Å². The number of carbonyl (C=O) groups excluding carboxylic acids is 1. The Balaban J connectivity index is 3.21. The predicted molar refractivity (Wildman–Crippen MR) is 96.0 cm³/mol. The van der Waals surface area contributed by atoms with Gasteiger partial charge < -0.3 is 4.74 Å². The van der Waals surface area contributed by atoms with E-state index >= 15 is 0 Å². The molecule has 0 unspecified atom stereocenters. The molecule has 0 aromatic heterocycles. The first-order valence-corrected chi connectivity index (χ1v) is 9.99. The van der Waals surface area contributed by atoms with Gasteiger partial charge in [-0.2, -0.15) is 13.2 Å². The molecule has 0 aromatic carbocycles. The van der Waals surface area contributed by atoms with Crippen LogP contribution in [0.3, 0.4) is 0 Å². The van der Waals surface area contributed by atoms with Crippen LogP contribution in [-0.4, -0.2) is 5.97 Å². The van der Waals surface area contributed by atoms with E-state index in [0.717, 1.165) is 19.3 Å². The van der Waals surface area contributed by atoms with E-state index < -0.39 is 18.1 Å². The maximum absolute atomic E-state index is 12.4. The Morgan fingerprint density at radius 3 is 1.36 bits per heavy atom. The highest BCUT2D eigenvalue weighted by molar-refractivity contribution is 5.70. The van der Waals surface area contributed by atoms with Crippen molar-refractivity contribution in [2.75, 3.05) is 0 Å². The molecule has 0 fully saturated rings. The monoisotopic (exact) mass is 364 g/mol. The number of hydrogen-bond donors (Lipinski definition) is 0. The van der Waals surface area contributed by atoms with Gasteiger partial charge in [-0.15, -0.1) is 0 Å². The van der Waals surface area contributed by atoms with Gasteiger partial charge in [0.1, 0.15) is 0 Å². The van der Waals surface area contributed by atoms with Crippen molar-refractivity contribution < 1.29 is 22.7 Å². The van der Waals surface area contributed by atoms with E-state index in [-0.39, 0.29) is 6.42 Å². The van der Waals surface area contributed by atoms with E-state index in [2.05, 4.69) is 11.7 Å². The summed E-state index contributed by atoms with van der Waals surface area (Å²) in [4.78, 5) is 11.1. The zero-order chi connectivity index (χ0) is 18.8. The minimum Gasteiger partial charge on any atom is -0.395 e. The fourth-order valence-electron chi connectivity index (χ4n) is 2.83. The molecule has 148 valence electrons. The number of unbranched alkanes of at least 4 members (excludes halogenated alkanes) is 14. The van der Waals surface area contributed by atoms with Crippen LogP contribution in [0.5, 0.6) is 0 Å². The van der Waals surface area contributed by atoms with Gasteiger partial charge in [0.2, 0.25) is 0 Å². The summed E-state index contributed by atoms with van der Waals surface area (Å²) < 4.78 is 39.7. The fourth-order valence-corrected chi connectivity index (χ4v) is 2.83. The molecular weight excluding hydrogens is 329 g/mol. The minimum atomic E-state index is -2.59. The average molecular weight is 364 g/mol. The SMILES string of the molecule is CCCCCCCCCCCCCCCCCC(=O)OC(F)=C(F)F. The molecule has 0 spiro atoms. The lowest BCUT2D eigenvalue weighted by molar-refractivity contribution is -0.142. The second-order valence-electron chi connectivity index (χ2n) is 6.71. The molecule has 2 nitrogen and oxygen atoms in total. The largest absolute Gasteiger partial charge is 0.395 e. The molecule has 0 aliphatic heterocycles. The molecule has 0 saturated heterocycles. The average Bonchev–Trinajstić information content (AvgIpc) is 2.58. The Morgan fingerprint density at radius 2 is 1.00 bits per heavy atom. The third kappa shape index (κ3) is 17.6. The molecule has 0 rings (SSSR count). The molecule has 0 N–H and O–H groups in total. The molecule has 0 aromatic rings. The van der Waals surface area contributed by atoms with E-state index in [1.54, 1.807) is 0 Å². The normalized spacial score (nSPS) is 10.7. The summed E-state index contributed by atoms with van der Waals surface area (Å²) in [6, 6.07) is -2.08. The Hall–Kier alpha value is -1.00. The van der Waals surface area contributed by atoms with Gasteiger partial charge in [0, 0.05) is 6.42 Å². The van der Waals surface area contributed by atoms with Gasteiger partial charge in [0.25, 0.3) is 0 Å². The summed E-state index contributed by atoms with van der Waals surface area (Å²) in [5.41, 5.74) is 0. The number of rotatable bonds is 17. The van der Waals surface area contributed by atoms with Crippen LogP contribution < -0.4 is 0 Å². The number of carbonyl (C=O) groups is 1. The van der Waals surface area contributed by atoms with E-state index in [0.29, 0.717) is 6.42 Å². The van der Waals surface area contributed by atoms with Crippen molar-refractivity contribution in [1.82, 2.24) is 0 Å². The standard InChI is InChI=1S/C20H35F3O2/c1-2-3-4-5-6-7-8-9-10-11-12-13-14-15-16-17-18(24)25-20(23)19(21)22/h2-17H2,1H3. The van der Waals surface area contributed by atoms with E-state index in [4.69, 9.17) is 0 Å². The smallest absolute Gasteiger partial charge is 0.347 e. The van der Waals surface area contributed by atoms with Gasteiger partial charge in [-0.3, -0.25) is 4.79 Å². The van der Waals surface area contributed by atoms with Gasteiger partial charge >= 0.3 is 18.1 Å². The Labute approximate surface area is 151 Å². The maximum atomic E-state index is 12.4. The summed E-state index contributed by atoms with van der Waals surface area (Å²) in [6.45, 7) is 2.24. The second kappa shape index (κ2) is 17.8. The molecule has 0 aliphatic rings. The van der Waals surface area contributed by atoms with Crippen molar-refractivity contribution in [2.24, 2.45) is 0 Å². The van der Waals surface area contributed by atoms with Crippen molar-refractivity contribution in [3.63, 3.8) is 0 Å². The maximum Gasteiger partial charge on any atom is 0.347 e. The summed E-state index contributed by atoms with van der Waals surface area (Å²) >= 11 is 0. The third-order valence-electron chi connectivity index (χ3n) is 4.34. The zero-order valence-corrected chi connectivity index (χ0v) is 15.8. The van der Waals surface area contributed by atoms with Crippen molar-refractivity contribution in [1.29, 1.82) is 0 Å². The topological polar surface area (TPSA) is 26.3 Å². The van der Waals surface area contributed by atoms with Crippen LogP contribution in [0, 0.1) is 0 Å². The Bertz CT molecular complexity index is 353. The molecule has 0 aliphatic carbocycles. The van der Waals surface area contributed by atoms with Crippen molar-refractivity contribution in [3.8, 4) is 0 Å². The van der Waals surface area contributed by atoms with Crippen LogP contribution in [0.1, 0.15) is 110 Å². The number of ether oxygens (including phenoxy) is 1. The van der Waals surface area contributed by atoms with Crippen molar-refractivity contribution in [3.05, 3.63) is 12.1 Å². The van der Waals surface area contributed by atoms with Gasteiger partial charge in [0.15, 0.2) is 0 Å². The van der Waals surface area contributed by atoms with Crippen molar-refractivity contribution in [2.45, 2.75) is 110 Å². The van der Waals surface area contributed by atoms with Crippen LogP contribution in [-0.2, 0) is 9.53 Å². The fraction of sp³-hybridized carbons (Fsp3) is 0.850. The summed E-state index contributed by atoms with van der Waals surface area (Å²) in [7, 11) is 0. The van der Waals surface area contributed by atoms with Crippen LogP contribution in [0.25, 0.3) is 0 Å². The highest BCUT2D eigenvalue weighted by Crippen LogP contribution is 2.15. The quantitative estimate of drug-likeness (QED) is 0.149. The highest BCUT2D eigenvalue weighted by atomic mass is 19.3. The molecule has 0 amide bonds. The molecule has 0 atom stereocenters. The summed E-state index contributed by atoms with van der Waals surface area (Å²) in [5.74, 6) is -0.931. The van der Waals surface area contributed by atoms with E-state index in [1.165, 1.54) is 70.6 Å². The Kier molecular flexibility index (Phi) is 17.1. The van der Waals surface area contributed by atoms with E-state index in [9.17, 15) is 18.0 Å². The first-order chi connectivity index (χ1) is 12.1. The molecule has 25 heavy (non-hydrogen) atoms. The molecule has 0 saturated carbocycles. The molecule has 0 bridgehead atoms. The second-order valence-corrected chi connectivity index (χ2v) is 6.71. The first-order valence-electron chi connectivity index (χ1n) is 9.99. The van der Waals surface area contributed by atoms with E-state index in [1.807, 2.05) is 0 Å². The zero-order valence-electron chi connectivity index (χ0n) is 15.8. The Morgan fingerprint density at radius 1 is 0.640 bits per heavy atom. The number of esters is 1. The number of halogens is 3. The lowest BCUT2D eigenvalue weighted by Crippen LogP contribution is -2.02. The summed E-state index contributed by atoms with van der Waals surface area (Å²) in [6.07, 6.45) is 15.5. The molecule has 0 heterocycles. The van der Waals surface area contributed by atoms with Gasteiger partial charge in [-0.1, -0.05) is 96.8 Å². The van der Waals surface area contributed by atoms with Crippen LogP contribution in [0.4, 0.5) is 13.2 Å². The molecular formula is C20H35F3O2. The third-order valence-corrected chi connectivity index (χ3v) is 4.34. The number of hydrogen-bond acceptors (Lipinski definition) is 2. The lowest BCUT2D eigenvalue weighted by Gasteiger charge is -2.03. The van der Waals surface area contributed by atoms with Crippen LogP contribution in [0.2, 0.25) is 0 Å². The van der Waals surface area contributed by atoms with Gasteiger partial charge in [-0.05, 0) is 6.42 Å². The lowest BCUT2D eigenvalue weighted by atomic mass is 10.0. The van der Waals surface area contributed by atoms with Gasteiger partial charge in [0.05, 0.1) is 0 Å². The summed E-state index contributed by atoms with van der Waals surface area (Å²) in [5, 5.41) is 0. The van der Waals surface area contributed by atoms with Crippen LogP contribution >= 0.6 is 0 Å². The predicted octanol–water partition coefficient (Wildman–Crippen LogP) is 7.83. The highest BCUT2D eigenvalue weighted by Gasteiger charge is 2.11.